The van der Waals surface area contributed by atoms with Crippen molar-refractivity contribution in [2.24, 2.45) is 5.73 Å². The SMILES string of the molecule is Cc1ccccc1OCc1ccc(F)c(CN)c1. The first kappa shape index (κ1) is 12.6. The Morgan fingerprint density at radius 3 is 2.67 bits per heavy atom. The maximum atomic E-state index is 13.3. The minimum absolute atomic E-state index is 0.198. The summed E-state index contributed by atoms with van der Waals surface area (Å²) in [5, 5.41) is 0. The van der Waals surface area contributed by atoms with Crippen LogP contribution in [0.4, 0.5) is 4.39 Å². The van der Waals surface area contributed by atoms with Crippen molar-refractivity contribution in [3.05, 3.63) is 65.0 Å². The molecular formula is C15H16FNO. The summed E-state index contributed by atoms with van der Waals surface area (Å²) < 4.78 is 19.0. The Labute approximate surface area is 106 Å². The van der Waals surface area contributed by atoms with Gasteiger partial charge in [0.05, 0.1) is 0 Å². The zero-order valence-electron chi connectivity index (χ0n) is 10.3. The highest BCUT2D eigenvalue weighted by Crippen LogP contribution is 2.18. The summed E-state index contributed by atoms with van der Waals surface area (Å²) in [6.07, 6.45) is 0. The molecule has 0 aliphatic rings. The van der Waals surface area contributed by atoms with Gasteiger partial charge in [0.15, 0.2) is 0 Å². The molecule has 18 heavy (non-hydrogen) atoms. The van der Waals surface area contributed by atoms with E-state index < -0.39 is 0 Å². The normalized spacial score (nSPS) is 10.4. The molecule has 0 spiro atoms. The van der Waals surface area contributed by atoms with E-state index in [4.69, 9.17) is 10.5 Å². The molecule has 0 fully saturated rings. The zero-order chi connectivity index (χ0) is 13.0. The Bertz CT molecular complexity index is 540. The lowest BCUT2D eigenvalue weighted by molar-refractivity contribution is 0.304. The lowest BCUT2D eigenvalue weighted by Gasteiger charge is -2.10. The van der Waals surface area contributed by atoms with Crippen LogP contribution < -0.4 is 10.5 Å². The van der Waals surface area contributed by atoms with Crippen molar-refractivity contribution in [1.82, 2.24) is 0 Å². The van der Waals surface area contributed by atoms with Crippen molar-refractivity contribution in [2.45, 2.75) is 20.1 Å². The quantitative estimate of drug-likeness (QED) is 0.898. The van der Waals surface area contributed by atoms with Gasteiger partial charge in [-0.1, -0.05) is 24.3 Å². The van der Waals surface area contributed by atoms with Crippen LogP contribution in [0.1, 0.15) is 16.7 Å². The van der Waals surface area contributed by atoms with E-state index in [0.717, 1.165) is 16.9 Å². The number of aryl methyl sites for hydroxylation is 1. The van der Waals surface area contributed by atoms with Crippen LogP contribution in [0, 0.1) is 12.7 Å². The van der Waals surface area contributed by atoms with Gasteiger partial charge in [0.2, 0.25) is 0 Å². The van der Waals surface area contributed by atoms with Gasteiger partial charge in [-0.25, -0.2) is 4.39 Å². The van der Waals surface area contributed by atoms with Crippen LogP contribution in [0.2, 0.25) is 0 Å². The summed E-state index contributed by atoms with van der Waals surface area (Å²) in [5.41, 5.74) is 7.98. The first-order chi connectivity index (χ1) is 8.70. The molecule has 2 N–H and O–H groups in total. The Kier molecular flexibility index (Phi) is 3.95. The average Bonchev–Trinajstić information content (AvgIpc) is 2.39. The molecule has 0 aromatic heterocycles. The summed E-state index contributed by atoms with van der Waals surface area (Å²) in [5.74, 6) is 0.577. The third-order valence-corrected chi connectivity index (χ3v) is 2.82. The van der Waals surface area contributed by atoms with Gasteiger partial charge >= 0.3 is 0 Å². The summed E-state index contributed by atoms with van der Waals surface area (Å²) in [6.45, 7) is 2.60. The van der Waals surface area contributed by atoms with E-state index in [9.17, 15) is 4.39 Å². The molecule has 0 unspecified atom stereocenters. The summed E-state index contributed by atoms with van der Waals surface area (Å²) in [7, 11) is 0. The molecule has 2 nitrogen and oxygen atoms in total. The van der Waals surface area contributed by atoms with E-state index in [2.05, 4.69) is 0 Å². The third-order valence-electron chi connectivity index (χ3n) is 2.82. The van der Waals surface area contributed by atoms with E-state index >= 15 is 0 Å². The number of para-hydroxylation sites is 1. The lowest BCUT2D eigenvalue weighted by atomic mass is 10.1. The minimum Gasteiger partial charge on any atom is -0.489 e. The standard InChI is InChI=1S/C15H16FNO/c1-11-4-2-3-5-15(11)18-10-12-6-7-14(16)13(8-12)9-17/h2-8H,9-10,17H2,1H3. The fraction of sp³-hybridized carbons (Fsp3) is 0.200. The van der Waals surface area contributed by atoms with Crippen molar-refractivity contribution in [1.29, 1.82) is 0 Å². The van der Waals surface area contributed by atoms with E-state index in [1.54, 1.807) is 12.1 Å². The predicted molar refractivity (Wildman–Crippen MR) is 69.8 cm³/mol. The maximum Gasteiger partial charge on any atom is 0.127 e. The molecule has 0 radical (unpaired) electrons. The van der Waals surface area contributed by atoms with Crippen molar-refractivity contribution in [3.8, 4) is 5.75 Å². The van der Waals surface area contributed by atoms with Gasteiger partial charge in [-0.3, -0.25) is 0 Å². The highest BCUT2D eigenvalue weighted by Gasteiger charge is 2.03. The molecule has 0 aliphatic carbocycles. The number of hydrogen-bond donors (Lipinski definition) is 1. The van der Waals surface area contributed by atoms with Crippen LogP contribution in [0.15, 0.2) is 42.5 Å². The second-order valence-corrected chi connectivity index (χ2v) is 4.18. The maximum absolute atomic E-state index is 13.3. The van der Waals surface area contributed by atoms with Gasteiger partial charge in [0.25, 0.3) is 0 Å². The molecule has 2 aromatic carbocycles. The van der Waals surface area contributed by atoms with Gasteiger partial charge in [0.1, 0.15) is 18.2 Å². The Morgan fingerprint density at radius 1 is 1.17 bits per heavy atom. The smallest absolute Gasteiger partial charge is 0.127 e. The van der Waals surface area contributed by atoms with E-state index in [1.165, 1.54) is 6.07 Å². The highest BCUT2D eigenvalue weighted by molar-refractivity contribution is 5.32. The first-order valence-electron chi connectivity index (χ1n) is 5.86. The number of halogens is 1. The Morgan fingerprint density at radius 2 is 1.94 bits per heavy atom. The van der Waals surface area contributed by atoms with Crippen LogP contribution in [0.3, 0.4) is 0 Å². The summed E-state index contributed by atoms with van der Waals surface area (Å²) in [4.78, 5) is 0. The molecule has 2 rings (SSSR count). The number of ether oxygens (including phenoxy) is 1. The molecule has 0 saturated heterocycles. The van der Waals surface area contributed by atoms with Crippen LogP contribution in [-0.2, 0) is 13.2 Å². The number of benzene rings is 2. The molecule has 0 heterocycles. The van der Waals surface area contributed by atoms with Gasteiger partial charge in [-0.2, -0.15) is 0 Å². The lowest BCUT2D eigenvalue weighted by Crippen LogP contribution is -2.03. The Balaban J connectivity index is 2.09. The van der Waals surface area contributed by atoms with Crippen molar-refractivity contribution in [3.63, 3.8) is 0 Å². The van der Waals surface area contributed by atoms with Crippen LogP contribution >= 0.6 is 0 Å². The summed E-state index contributed by atoms with van der Waals surface area (Å²) in [6, 6.07) is 12.7. The topological polar surface area (TPSA) is 35.2 Å². The molecular weight excluding hydrogens is 229 g/mol. The first-order valence-corrected chi connectivity index (χ1v) is 5.86. The van der Waals surface area contributed by atoms with Crippen molar-refractivity contribution in [2.75, 3.05) is 0 Å². The van der Waals surface area contributed by atoms with E-state index in [0.29, 0.717) is 12.2 Å². The fourth-order valence-corrected chi connectivity index (χ4v) is 1.75. The monoisotopic (exact) mass is 245 g/mol. The molecule has 0 amide bonds. The van der Waals surface area contributed by atoms with Crippen molar-refractivity contribution < 1.29 is 9.13 Å². The average molecular weight is 245 g/mol. The van der Waals surface area contributed by atoms with Gasteiger partial charge in [0, 0.05) is 12.1 Å². The molecule has 3 heteroatoms. The fourth-order valence-electron chi connectivity index (χ4n) is 1.75. The molecule has 0 saturated carbocycles. The second-order valence-electron chi connectivity index (χ2n) is 4.18. The minimum atomic E-state index is -0.267. The molecule has 0 atom stereocenters. The highest BCUT2D eigenvalue weighted by atomic mass is 19.1. The largest absolute Gasteiger partial charge is 0.489 e. The third kappa shape index (κ3) is 2.87. The zero-order valence-corrected chi connectivity index (χ0v) is 10.3. The number of rotatable bonds is 4. The number of nitrogens with two attached hydrogens (primary N) is 1. The van der Waals surface area contributed by atoms with Crippen LogP contribution in [0.25, 0.3) is 0 Å². The van der Waals surface area contributed by atoms with E-state index in [1.807, 2.05) is 31.2 Å². The second kappa shape index (κ2) is 5.65. The van der Waals surface area contributed by atoms with Crippen molar-refractivity contribution >= 4 is 0 Å². The predicted octanol–water partition coefficient (Wildman–Crippen LogP) is 3.17. The molecule has 94 valence electrons. The molecule has 2 aromatic rings. The Hall–Kier alpha value is -1.87. The number of hydrogen-bond acceptors (Lipinski definition) is 2. The van der Waals surface area contributed by atoms with E-state index in [-0.39, 0.29) is 12.4 Å². The van der Waals surface area contributed by atoms with Crippen LogP contribution in [0.5, 0.6) is 5.75 Å². The summed E-state index contributed by atoms with van der Waals surface area (Å²) >= 11 is 0. The van der Waals surface area contributed by atoms with Gasteiger partial charge in [-0.15, -0.1) is 0 Å². The van der Waals surface area contributed by atoms with Gasteiger partial charge in [-0.05, 0) is 36.2 Å². The van der Waals surface area contributed by atoms with Crippen LogP contribution in [-0.4, -0.2) is 0 Å². The molecule has 0 aliphatic heterocycles. The van der Waals surface area contributed by atoms with Gasteiger partial charge < -0.3 is 10.5 Å². The molecule has 0 bridgehead atoms.